The molecule has 4 bridgehead atoms. The van der Waals surface area contributed by atoms with E-state index >= 15 is 0 Å². The van der Waals surface area contributed by atoms with Crippen LogP contribution in [0.1, 0.15) is 103 Å². The van der Waals surface area contributed by atoms with E-state index in [-0.39, 0.29) is 23.5 Å². The molecule has 0 saturated heterocycles. The Hall–Kier alpha value is -3.30. The summed E-state index contributed by atoms with van der Waals surface area (Å²) in [5.41, 5.74) is 5.44. The third kappa shape index (κ3) is 5.00. The van der Waals surface area contributed by atoms with Gasteiger partial charge in [-0.25, -0.2) is 4.98 Å². The lowest BCUT2D eigenvalue weighted by atomic mass is 9.53. The summed E-state index contributed by atoms with van der Waals surface area (Å²) in [6.45, 7) is 2.21. The van der Waals surface area contributed by atoms with Gasteiger partial charge in [0.15, 0.2) is 5.01 Å². The third-order valence-corrected chi connectivity index (χ3v) is 11.2. The molecular formula is C36H41N3O2S. The van der Waals surface area contributed by atoms with Gasteiger partial charge in [-0.1, -0.05) is 38.0 Å². The van der Waals surface area contributed by atoms with Crippen LogP contribution in [-0.4, -0.2) is 34.5 Å². The summed E-state index contributed by atoms with van der Waals surface area (Å²) in [7, 11) is 1.72. The van der Waals surface area contributed by atoms with Gasteiger partial charge in [0, 0.05) is 22.6 Å². The van der Waals surface area contributed by atoms with Crippen LogP contribution in [0.4, 0.5) is 5.69 Å². The first-order chi connectivity index (χ1) is 20.5. The van der Waals surface area contributed by atoms with Crippen molar-refractivity contribution in [3.05, 3.63) is 75.2 Å². The second kappa shape index (κ2) is 11.1. The summed E-state index contributed by atoms with van der Waals surface area (Å²) in [6, 6.07) is 15.1. The van der Waals surface area contributed by atoms with E-state index in [2.05, 4.69) is 64.4 Å². The Morgan fingerprint density at radius 3 is 2.45 bits per heavy atom. The molecule has 42 heavy (non-hydrogen) atoms. The molecular weight excluding hydrogens is 538 g/mol. The zero-order valence-electron chi connectivity index (χ0n) is 24.8. The van der Waals surface area contributed by atoms with Gasteiger partial charge in [0.25, 0.3) is 5.91 Å². The maximum absolute atomic E-state index is 14.3. The number of fused-ring (bicyclic) bond motifs is 1. The lowest BCUT2D eigenvalue weighted by Gasteiger charge is -2.57. The molecule has 5 nitrogen and oxygen atoms in total. The number of nitrogens with zero attached hydrogens (tertiary/aromatic N) is 2. The summed E-state index contributed by atoms with van der Waals surface area (Å²) >= 11 is 1.36. The van der Waals surface area contributed by atoms with E-state index in [1.165, 1.54) is 61.1 Å². The number of methoxy groups -OCH3 is 1. The van der Waals surface area contributed by atoms with Crippen molar-refractivity contribution in [1.82, 2.24) is 9.88 Å². The van der Waals surface area contributed by atoms with Crippen molar-refractivity contribution in [2.24, 2.45) is 17.8 Å². The fraction of sp³-hybridized carbons (Fsp3) is 0.500. The highest BCUT2D eigenvalue weighted by atomic mass is 32.1. The molecule has 6 heteroatoms. The van der Waals surface area contributed by atoms with Crippen LogP contribution in [0.3, 0.4) is 0 Å². The number of hydrogen-bond donors (Lipinski definition) is 1. The molecule has 4 saturated carbocycles. The molecule has 1 N–H and O–H groups in total. The van der Waals surface area contributed by atoms with Gasteiger partial charge in [0.05, 0.1) is 13.2 Å². The number of thiazole rings is 1. The number of amides is 1. The summed E-state index contributed by atoms with van der Waals surface area (Å²) in [5, 5.41) is 6.39. The highest BCUT2D eigenvalue weighted by Gasteiger charge is 2.51. The Bertz CT molecular complexity index is 1470. The number of benzene rings is 2. The molecule has 0 radical (unpaired) electrons. The number of aromatic nitrogens is 1. The number of unbranched alkanes of at least 4 members (excludes halogenated alkanes) is 1. The minimum absolute atomic E-state index is 0.0453. The standard InChI is InChI=1S/C36H41N3O2S/c1-4-6-7-29-17-27-18-30(41-3)12-13-31(27)34(39(29)35(40)32-22-42-33(5-2)37-32)26-8-10-28(11-9-26)38-36-19-23-14-24(20-36)16-25(15-23)21-36/h2,8-13,18,22-25,29,34,38H,4,6-7,14-17,19-21H2,1,3H3/t23?,24?,25?,29-,34-,36?/m0/s1. The van der Waals surface area contributed by atoms with Gasteiger partial charge in [-0.15, -0.1) is 17.8 Å². The van der Waals surface area contributed by atoms with E-state index in [9.17, 15) is 4.79 Å². The molecule has 1 amide bonds. The number of hydrogen-bond acceptors (Lipinski definition) is 5. The van der Waals surface area contributed by atoms with E-state index in [1.807, 2.05) is 11.4 Å². The van der Waals surface area contributed by atoms with Crippen LogP contribution in [0, 0.1) is 30.1 Å². The largest absolute Gasteiger partial charge is 0.497 e. The number of carbonyl (C=O) groups is 1. The SMILES string of the molecule is C#Cc1nc(C(=O)N2[C@@H](CCCC)Cc3cc(OC)ccc3[C@@H]2c2ccc(NC34CC5CC(CC(C5)C3)C4)cc2)cs1. The monoisotopic (exact) mass is 579 g/mol. The lowest BCUT2D eigenvalue weighted by molar-refractivity contribution is 0.0107. The maximum atomic E-state index is 14.3. The van der Waals surface area contributed by atoms with Crippen LogP contribution in [-0.2, 0) is 6.42 Å². The summed E-state index contributed by atoms with van der Waals surface area (Å²) in [4.78, 5) is 20.9. The first-order valence-corrected chi connectivity index (χ1v) is 16.6. The van der Waals surface area contributed by atoms with Gasteiger partial charge in [-0.05, 0) is 116 Å². The third-order valence-electron chi connectivity index (χ3n) is 10.4. The van der Waals surface area contributed by atoms with E-state index < -0.39 is 0 Å². The minimum Gasteiger partial charge on any atom is -0.497 e. The quantitative estimate of drug-likeness (QED) is 0.276. The lowest BCUT2D eigenvalue weighted by Crippen LogP contribution is -2.54. The van der Waals surface area contributed by atoms with Gasteiger partial charge in [-0.2, -0.15) is 0 Å². The zero-order valence-corrected chi connectivity index (χ0v) is 25.6. The van der Waals surface area contributed by atoms with Gasteiger partial charge in [-0.3, -0.25) is 4.79 Å². The van der Waals surface area contributed by atoms with Crippen molar-refractivity contribution in [1.29, 1.82) is 0 Å². The Morgan fingerprint density at radius 1 is 1.12 bits per heavy atom. The van der Waals surface area contributed by atoms with Crippen LogP contribution < -0.4 is 10.1 Å². The molecule has 2 aromatic carbocycles. The smallest absolute Gasteiger partial charge is 0.274 e. The Labute approximate surface area is 254 Å². The number of terminal acetylenes is 1. The van der Waals surface area contributed by atoms with Crippen LogP contribution >= 0.6 is 11.3 Å². The van der Waals surface area contributed by atoms with Crippen LogP contribution in [0.15, 0.2) is 47.8 Å². The van der Waals surface area contributed by atoms with Crippen LogP contribution in [0.25, 0.3) is 0 Å². The number of ether oxygens (including phenoxy) is 1. The van der Waals surface area contributed by atoms with E-state index in [0.29, 0.717) is 10.7 Å². The normalized spacial score (nSPS) is 29.2. The molecule has 218 valence electrons. The van der Waals surface area contributed by atoms with Gasteiger partial charge >= 0.3 is 0 Å². The highest BCUT2D eigenvalue weighted by molar-refractivity contribution is 7.10. The fourth-order valence-electron chi connectivity index (χ4n) is 9.06. The van der Waals surface area contributed by atoms with Gasteiger partial charge in [0.1, 0.15) is 11.4 Å². The molecule has 4 aliphatic carbocycles. The average Bonchev–Trinajstić information content (AvgIpc) is 3.48. The van der Waals surface area contributed by atoms with Crippen molar-refractivity contribution in [2.75, 3.05) is 12.4 Å². The Kier molecular flexibility index (Phi) is 7.26. The van der Waals surface area contributed by atoms with Crippen molar-refractivity contribution >= 4 is 22.9 Å². The van der Waals surface area contributed by atoms with E-state index in [4.69, 9.17) is 11.2 Å². The summed E-state index contributed by atoms with van der Waals surface area (Å²) in [6.07, 6.45) is 17.8. The summed E-state index contributed by atoms with van der Waals surface area (Å²) in [5.74, 6) is 6.11. The Morgan fingerprint density at radius 2 is 1.83 bits per heavy atom. The first-order valence-electron chi connectivity index (χ1n) is 15.8. The molecule has 4 fully saturated rings. The van der Waals surface area contributed by atoms with Crippen LogP contribution in [0.5, 0.6) is 5.75 Å². The maximum Gasteiger partial charge on any atom is 0.274 e. The number of nitrogens with one attached hydrogen (secondary N) is 1. The molecule has 3 aromatic rings. The Balaban J connectivity index is 1.25. The second-order valence-electron chi connectivity index (χ2n) is 13.3. The molecule has 0 unspecified atom stereocenters. The first kappa shape index (κ1) is 27.5. The van der Waals surface area contributed by atoms with Gasteiger partial charge < -0.3 is 15.0 Å². The predicted octanol–water partition coefficient (Wildman–Crippen LogP) is 7.86. The number of rotatable bonds is 8. The molecule has 2 atom stereocenters. The molecule has 2 heterocycles. The molecule has 5 aliphatic rings. The number of anilines is 1. The summed E-state index contributed by atoms with van der Waals surface area (Å²) < 4.78 is 5.61. The zero-order chi connectivity index (χ0) is 28.8. The van der Waals surface area contributed by atoms with Crippen LogP contribution in [0.2, 0.25) is 0 Å². The van der Waals surface area contributed by atoms with E-state index in [0.717, 1.165) is 60.3 Å². The molecule has 0 spiro atoms. The van der Waals surface area contributed by atoms with Gasteiger partial charge in [0.2, 0.25) is 0 Å². The van der Waals surface area contributed by atoms with Crippen molar-refractivity contribution in [2.45, 2.75) is 88.8 Å². The van der Waals surface area contributed by atoms with Crippen molar-refractivity contribution in [3.8, 4) is 18.1 Å². The predicted molar refractivity (Wildman–Crippen MR) is 169 cm³/mol. The molecule has 8 rings (SSSR count). The highest BCUT2D eigenvalue weighted by Crippen LogP contribution is 2.56. The van der Waals surface area contributed by atoms with Crippen molar-refractivity contribution < 1.29 is 9.53 Å². The fourth-order valence-corrected chi connectivity index (χ4v) is 9.65. The van der Waals surface area contributed by atoms with Crippen molar-refractivity contribution in [3.63, 3.8) is 0 Å². The average molecular weight is 580 g/mol. The molecule has 1 aromatic heterocycles. The minimum atomic E-state index is -0.210. The second-order valence-corrected chi connectivity index (χ2v) is 14.2. The number of carbonyl (C=O) groups excluding carboxylic acids is 1. The van der Waals surface area contributed by atoms with E-state index in [1.54, 1.807) is 7.11 Å². The molecule has 1 aliphatic heterocycles. The topological polar surface area (TPSA) is 54.5 Å².